The summed E-state index contributed by atoms with van der Waals surface area (Å²) < 4.78 is 46.6. The molecule has 202 valence electrons. The molecule has 9 heteroatoms. The Labute approximate surface area is 221 Å². The van der Waals surface area contributed by atoms with Crippen LogP contribution in [0.3, 0.4) is 0 Å². The first-order valence-corrected chi connectivity index (χ1v) is 13.1. The molecular weight excluding hydrogens is 493 g/mol. The van der Waals surface area contributed by atoms with Crippen molar-refractivity contribution in [2.75, 3.05) is 19.7 Å². The summed E-state index contributed by atoms with van der Waals surface area (Å²) in [7, 11) is 0. The first kappa shape index (κ1) is 26.3. The summed E-state index contributed by atoms with van der Waals surface area (Å²) in [6.45, 7) is 9.20. The number of carbonyl (C=O) groups excluding carboxylic acids is 1. The lowest BCUT2D eigenvalue weighted by Gasteiger charge is -2.38. The zero-order chi connectivity index (χ0) is 27.0. The van der Waals surface area contributed by atoms with E-state index in [0.29, 0.717) is 18.7 Å². The molecule has 0 saturated carbocycles. The molecule has 1 aromatic heterocycles. The first-order chi connectivity index (χ1) is 18.1. The van der Waals surface area contributed by atoms with Crippen LogP contribution in [0.15, 0.2) is 54.9 Å². The van der Waals surface area contributed by atoms with Gasteiger partial charge in [0.1, 0.15) is 5.75 Å². The number of nitrogens with zero attached hydrogens (tertiary/aromatic N) is 4. The van der Waals surface area contributed by atoms with Crippen molar-refractivity contribution in [1.82, 2.24) is 19.6 Å². The van der Waals surface area contributed by atoms with E-state index in [1.807, 2.05) is 21.8 Å². The fraction of sp³-hybridized carbons (Fsp3) is 0.448. The van der Waals surface area contributed by atoms with E-state index in [0.717, 1.165) is 49.4 Å². The molecule has 3 heterocycles. The third-order valence-corrected chi connectivity index (χ3v) is 8.08. The van der Waals surface area contributed by atoms with Crippen molar-refractivity contribution >= 4 is 5.91 Å². The predicted molar refractivity (Wildman–Crippen MR) is 138 cm³/mol. The van der Waals surface area contributed by atoms with Crippen LogP contribution in [0.5, 0.6) is 5.75 Å². The summed E-state index contributed by atoms with van der Waals surface area (Å²) in [6, 6.07) is 11.1. The summed E-state index contributed by atoms with van der Waals surface area (Å²) in [5.41, 5.74) is 3.16. The normalized spacial score (nSPS) is 20.2. The van der Waals surface area contributed by atoms with Crippen LogP contribution in [0, 0.1) is 13.8 Å². The molecule has 2 aliphatic heterocycles. The van der Waals surface area contributed by atoms with Gasteiger partial charge in [-0.1, -0.05) is 6.07 Å². The minimum Gasteiger partial charge on any atom is -0.493 e. The third-order valence-electron chi connectivity index (χ3n) is 8.08. The minimum atomic E-state index is -4.41. The quantitative estimate of drug-likeness (QED) is 0.356. The molecule has 2 aliphatic rings. The number of benzene rings is 2. The molecule has 0 spiro atoms. The average Bonchev–Trinajstić information content (AvgIpc) is 3.66. The molecule has 3 aromatic rings. The fourth-order valence-corrected chi connectivity index (χ4v) is 5.83. The van der Waals surface area contributed by atoms with Gasteiger partial charge in [0, 0.05) is 62.1 Å². The average molecular weight is 527 g/mol. The van der Waals surface area contributed by atoms with Crippen molar-refractivity contribution in [2.24, 2.45) is 0 Å². The molecule has 0 N–H and O–H groups in total. The summed E-state index contributed by atoms with van der Waals surface area (Å²) in [6.07, 6.45) is 1.06. The smallest absolute Gasteiger partial charge is 0.416 e. The number of alkyl halides is 3. The lowest BCUT2D eigenvalue weighted by atomic mass is 9.96. The van der Waals surface area contributed by atoms with E-state index >= 15 is 0 Å². The SMILES string of the molecule is Cc1c(OCCCn2cccn2)ccc([C@H](C)N2C[C@@H]3C[C@H]2CN3C(=O)c2ccc(C(F)(F)F)cc2)c1C. The van der Waals surface area contributed by atoms with Gasteiger partial charge in [0.2, 0.25) is 0 Å². The topological polar surface area (TPSA) is 50.6 Å². The van der Waals surface area contributed by atoms with Crippen molar-refractivity contribution < 1.29 is 22.7 Å². The fourth-order valence-electron chi connectivity index (χ4n) is 5.83. The second kappa shape index (κ2) is 10.4. The molecule has 2 aromatic carbocycles. The van der Waals surface area contributed by atoms with Crippen LogP contribution in [0.1, 0.15) is 58.4 Å². The van der Waals surface area contributed by atoms with E-state index in [1.54, 1.807) is 6.20 Å². The first-order valence-electron chi connectivity index (χ1n) is 13.1. The standard InChI is InChI=1S/C29H33F3N4O2/c1-19-20(2)27(38-15-5-14-34-13-4-12-33-34)11-10-26(19)21(3)35-17-25-16-24(35)18-36(25)28(37)22-6-8-23(9-7-22)29(30,31)32/h4,6-13,21,24-25H,5,14-18H2,1-3H3/t21-,24-,25-/m0/s1. The Morgan fingerprint density at radius 1 is 1.08 bits per heavy atom. The molecule has 1 amide bonds. The van der Waals surface area contributed by atoms with Gasteiger partial charge in [0.25, 0.3) is 5.91 Å². The minimum absolute atomic E-state index is 0.0658. The largest absolute Gasteiger partial charge is 0.493 e. The number of carbonyl (C=O) groups is 1. The molecule has 2 fully saturated rings. The van der Waals surface area contributed by atoms with E-state index in [4.69, 9.17) is 4.74 Å². The number of hydrogen-bond acceptors (Lipinski definition) is 4. The number of aromatic nitrogens is 2. The Morgan fingerprint density at radius 2 is 1.84 bits per heavy atom. The van der Waals surface area contributed by atoms with Gasteiger partial charge in [-0.15, -0.1) is 0 Å². The Bertz CT molecular complexity index is 1270. The van der Waals surface area contributed by atoms with Crippen molar-refractivity contribution in [3.63, 3.8) is 0 Å². The van der Waals surface area contributed by atoms with Gasteiger partial charge in [-0.2, -0.15) is 18.3 Å². The summed E-state index contributed by atoms with van der Waals surface area (Å²) in [4.78, 5) is 17.3. The second-order valence-corrected chi connectivity index (χ2v) is 10.3. The van der Waals surface area contributed by atoms with Gasteiger partial charge in [0.15, 0.2) is 0 Å². The van der Waals surface area contributed by atoms with E-state index < -0.39 is 11.7 Å². The van der Waals surface area contributed by atoms with Crippen LogP contribution >= 0.6 is 0 Å². The molecule has 38 heavy (non-hydrogen) atoms. The highest BCUT2D eigenvalue weighted by Gasteiger charge is 2.47. The number of piperazine rings is 1. The van der Waals surface area contributed by atoms with Gasteiger partial charge in [-0.25, -0.2) is 0 Å². The molecule has 2 saturated heterocycles. The van der Waals surface area contributed by atoms with Crippen molar-refractivity contribution in [3.05, 3.63) is 82.7 Å². The maximum Gasteiger partial charge on any atom is 0.416 e. The van der Waals surface area contributed by atoms with Gasteiger partial charge in [-0.3, -0.25) is 14.4 Å². The number of likely N-dealkylation sites (tertiary alicyclic amines) is 2. The number of aryl methyl sites for hydroxylation is 1. The monoisotopic (exact) mass is 526 g/mol. The van der Waals surface area contributed by atoms with Crippen LogP contribution in [0.4, 0.5) is 13.2 Å². The highest BCUT2D eigenvalue weighted by molar-refractivity contribution is 5.94. The lowest BCUT2D eigenvalue weighted by molar-refractivity contribution is -0.137. The van der Waals surface area contributed by atoms with Crippen molar-refractivity contribution in [2.45, 2.75) is 64.5 Å². The maximum absolute atomic E-state index is 13.1. The Kier molecular flexibility index (Phi) is 7.22. The summed E-state index contributed by atoms with van der Waals surface area (Å²) >= 11 is 0. The summed E-state index contributed by atoms with van der Waals surface area (Å²) in [5, 5.41) is 4.22. The van der Waals surface area contributed by atoms with E-state index in [2.05, 4.69) is 42.9 Å². The van der Waals surface area contributed by atoms with Gasteiger partial charge in [0.05, 0.1) is 12.2 Å². The summed E-state index contributed by atoms with van der Waals surface area (Å²) in [5.74, 6) is 0.704. The van der Waals surface area contributed by atoms with Gasteiger partial charge >= 0.3 is 6.18 Å². The van der Waals surface area contributed by atoms with Crippen LogP contribution in [-0.4, -0.2) is 57.3 Å². The lowest BCUT2D eigenvalue weighted by Crippen LogP contribution is -2.49. The predicted octanol–water partition coefficient (Wildman–Crippen LogP) is 5.65. The number of rotatable bonds is 8. The number of ether oxygens (including phenoxy) is 1. The maximum atomic E-state index is 13.1. The number of fused-ring (bicyclic) bond motifs is 2. The number of amides is 1. The Hall–Kier alpha value is -3.33. The van der Waals surface area contributed by atoms with E-state index in [-0.39, 0.29) is 24.0 Å². The molecule has 2 bridgehead atoms. The molecule has 3 atom stereocenters. The molecule has 5 rings (SSSR count). The zero-order valence-electron chi connectivity index (χ0n) is 21.9. The third kappa shape index (κ3) is 5.16. The van der Waals surface area contributed by atoms with Gasteiger partial charge < -0.3 is 9.64 Å². The highest BCUT2D eigenvalue weighted by atomic mass is 19.4. The van der Waals surface area contributed by atoms with Crippen LogP contribution < -0.4 is 4.74 Å². The Morgan fingerprint density at radius 3 is 2.47 bits per heavy atom. The molecule has 0 radical (unpaired) electrons. The molecule has 0 unspecified atom stereocenters. The van der Waals surface area contributed by atoms with Crippen LogP contribution in [-0.2, 0) is 12.7 Å². The van der Waals surface area contributed by atoms with E-state index in [9.17, 15) is 18.0 Å². The zero-order valence-corrected chi connectivity index (χ0v) is 21.9. The molecule has 6 nitrogen and oxygen atoms in total. The van der Waals surface area contributed by atoms with Crippen LogP contribution in [0.2, 0.25) is 0 Å². The van der Waals surface area contributed by atoms with Crippen molar-refractivity contribution in [1.29, 1.82) is 0 Å². The Balaban J connectivity index is 1.19. The highest BCUT2D eigenvalue weighted by Crippen LogP contribution is 2.40. The van der Waals surface area contributed by atoms with E-state index in [1.165, 1.54) is 23.3 Å². The second-order valence-electron chi connectivity index (χ2n) is 10.3. The number of hydrogen-bond donors (Lipinski definition) is 0. The van der Waals surface area contributed by atoms with Crippen LogP contribution in [0.25, 0.3) is 0 Å². The molecular formula is C29H33F3N4O2. The van der Waals surface area contributed by atoms with Gasteiger partial charge in [-0.05, 0) is 80.3 Å². The molecule has 0 aliphatic carbocycles. The number of halogens is 3. The van der Waals surface area contributed by atoms with Crippen molar-refractivity contribution in [3.8, 4) is 5.75 Å².